The Hall–Kier alpha value is -0.530. The summed E-state index contributed by atoms with van der Waals surface area (Å²) in [4.78, 5) is 0.0413. The lowest BCUT2D eigenvalue weighted by Crippen LogP contribution is -1.82. The maximum Gasteiger partial charge on any atom is 0.193 e. The maximum atomic E-state index is 13.4. The molecular weight excluding hydrogens is 292 g/mol. The maximum absolute atomic E-state index is 13.4. The van der Waals surface area contributed by atoms with Crippen LogP contribution in [-0.4, -0.2) is 0 Å². The Kier molecular flexibility index (Phi) is 3.51. The molecule has 0 N–H and O–H groups in total. The van der Waals surface area contributed by atoms with Crippen LogP contribution in [-0.2, 0) is 0 Å². The van der Waals surface area contributed by atoms with Crippen molar-refractivity contribution in [3.63, 3.8) is 0 Å². The average molecular weight is 298 g/mol. The second-order valence-corrected chi connectivity index (χ2v) is 6.17. The van der Waals surface area contributed by atoms with Crippen LogP contribution in [0.15, 0.2) is 9.79 Å². The Bertz CT molecular complexity index is 520. The number of halogens is 4. The SMILES string of the molecule is Cc1c(F)sc(F)c1Sc1c(F)sc(F)c1C. The second-order valence-electron chi connectivity index (χ2n) is 3.31. The lowest BCUT2D eigenvalue weighted by atomic mass is 10.4. The monoisotopic (exact) mass is 298 g/mol. The van der Waals surface area contributed by atoms with Gasteiger partial charge in [-0.1, -0.05) is 34.4 Å². The van der Waals surface area contributed by atoms with Gasteiger partial charge in [0.1, 0.15) is 0 Å². The number of thiophene rings is 2. The van der Waals surface area contributed by atoms with E-state index >= 15 is 0 Å². The molecule has 7 heteroatoms. The lowest BCUT2D eigenvalue weighted by molar-refractivity contribution is 0.622. The molecular formula is C10H6F4S3. The van der Waals surface area contributed by atoms with E-state index in [2.05, 4.69) is 0 Å². The van der Waals surface area contributed by atoms with Crippen LogP contribution in [0.3, 0.4) is 0 Å². The van der Waals surface area contributed by atoms with Crippen LogP contribution in [0, 0.1) is 34.4 Å². The molecule has 0 aliphatic heterocycles. The van der Waals surface area contributed by atoms with E-state index in [0.717, 1.165) is 11.8 Å². The van der Waals surface area contributed by atoms with Crippen molar-refractivity contribution in [1.82, 2.24) is 0 Å². The molecule has 2 aromatic heterocycles. The summed E-state index contributed by atoms with van der Waals surface area (Å²) in [6.45, 7) is 2.82. The molecule has 0 nitrogen and oxygen atoms in total. The Labute approximate surface area is 107 Å². The van der Waals surface area contributed by atoms with E-state index in [1.54, 1.807) is 0 Å². The van der Waals surface area contributed by atoms with Crippen molar-refractivity contribution in [2.24, 2.45) is 0 Å². The second kappa shape index (κ2) is 4.62. The summed E-state index contributed by atoms with van der Waals surface area (Å²) in [6.07, 6.45) is 0. The van der Waals surface area contributed by atoms with Crippen molar-refractivity contribution in [1.29, 1.82) is 0 Å². The smallest absolute Gasteiger partial charge is 0.193 e. The summed E-state index contributed by atoms with van der Waals surface area (Å²) in [5, 5.41) is -2.71. The first-order valence-corrected chi connectivity index (χ1v) is 6.93. The molecule has 0 radical (unpaired) electrons. The highest BCUT2D eigenvalue weighted by molar-refractivity contribution is 7.99. The van der Waals surface area contributed by atoms with Crippen LogP contribution >= 0.6 is 34.4 Å². The summed E-state index contributed by atoms with van der Waals surface area (Å²) in [7, 11) is 0. The lowest BCUT2D eigenvalue weighted by Gasteiger charge is -2.00. The van der Waals surface area contributed by atoms with Crippen LogP contribution in [0.4, 0.5) is 17.6 Å². The topological polar surface area (TPSA) is 0 Å². The van der Waals surface area contributed by atoms with Crippen LogP contribution in [0.25, 0.3) is 0 Å². The standard InChI is InChI=1S/C10H6F4S3/c1-3-5(9(13)16-7(3)11)15-6-4(2)8(12)17-10(6)14/h1-2H3. The first kappa shape index (κ1) is 12.9. The molecule has 0 spiro atoms. The highest BCUT2D eigenvalue weighted by Gasteiger charge is 2.22. The average Bonchev–Trinajstić information content (AvgIpc) is 2.62. The largest absolute Gasteiger partial charge is 0.195 e. The molecule has 0 saturated carbocycles. The number of rotatable bonds is 2. The normalized spacial score (nSPS) is 11.2. The van der Waals surface area contributed by atoms with Crippen molar-refractivity contribution in [2.75, 3.05) is 0 Å². The van der Waals surface area contributed by atoms with Crippen LogP contribution < -0.4 is 0 Å². The fraction of sp³-hybridized carbons (Fsp3) is 0.200. The van der Waals surface area contributed by atoms with Gasteiger partial charge in [0.25, 0.3) is 0 Å². The van der Waals surface area contributed by atoms with E-state index in [0.29, 0.717) is 22.7 Å². The summed E-state index contributed by atoms with van der Waals surface area (Å²) >= 11 is 1.46. The third kappa shape index (κ3) is 2.23. The summed E-state index contributed by atoms with van der Waals surface area (Å²) in [6, 6.07) is 0. The fourth-order valence-electron chi connectivity index (χ4n) is 1.21. The van der Waals surface area contributed by atoms with Crippen molar-refractivity contribution < 1.29 is 17.6 Å². The van der Waals surface area contributed by atoms with E-state index in [9.17, 15) is 17.6 Å². The zero-order chi connectivity index (χ0) is 12.7. The summed E-state index contributed by atoms with van der Waals surface area (Å²) in [5.74, 6) is 0. The van der Waals surface area contributed by atoms with Gasteiger partial charge < -0.3 is 0 Å². The zero-order valence-corrected chi connectivity index (χ0v) is 11.2. The highest BCUT2D eigenvalue weighted by atomic mass is 32.2. The van der Waals surface area contributed by atoms with Gasteiger partial charge in [0.05, 0.1) is 9.79 Å². The summed E-state index contributed by atoms with van der Waals surface area (Å²) in [5.41, 5.74) is 0.255. The minimum Gasteiger partial charge on any atom is -0.195 e. The van der Waals surface area contributed by atoms with Gasteiger partial charge in [0.2, 0.25) is 0 Å². The van der Waals surface area contributed by atoms with Crippen LogP contribution in [0.2, 0.25) is 0 Å². The Morgan fingerprint density at radius 2 is 1.06 bits per heavy atom. The predicted octanol–water partition coefficient (Wildman–Crippen LogP) is 5.13. The molecule has 2 rings (SSSR count). The van der Waals surface area contributed by atoms with Gasteiger partial charge in [-0.15, -0.1) is 0 Å². The van der Waals surface area contributed by atoms with E-state index in [-0.39, 0.29) is 20.9 Å². The minimum atomic E-state index is -0.713. The molecule has 0 bridgehead atoms. The molecule has 0 unspecified atom stereocenters. The van der Waals surface area contributed by atoms with Crippen LogP contribution in [0.5, 0.6) is 0 Å². The Morgan fingerprint density at radius 1 is 0.706 bits per heavy atom. The number of hydrogen-bond donors (Lipinski definition) is 0. The molecule has 0 aromatic carbocycles. The van der Waals surface area contributed by atoms with Gasteiger partial charge in [0.15, 0.2) is 20.5 Å². The molecule has 0 aliphatic rings. The van der Waals surface area contributed by atoms with Crippen molar-refractivity contribution in [3.8, 4) is 0 Å². The van der Waals surface area contributed by atoms with Gasteiger partial charge in [-0.2, -0.15) is 17.6 Å². The molecule has 0 amide bonds. The first-order valence-electron chi connectivity index (χ1n) is 4.48. The number of hydrogen-bond acceptors (Lipinski definition) is 3. The third-order valence-corrected chi connectivity index (χ3v) is 5.57. The molecule has 17 heavy (non-hydrogen) atoms. The zero-order valence-electron chi connectivity index (χ0n) is 8.74. The van der Waals surface area contributed by atoms with Gasteiger partial charge >= 0.3 is 0 Å². The molecule has 92 valence electrons. The van der Waals surface area contributed by atoms with E-state index in [4.69, 9.17) is 0 Å². The predicted molar refractivity (Wildman–Crippen MR) is 62.1 cm³/mol. The molecule has 2 aromatic rings. The fourth-order valence-corrected chi connectivity index (χ4v) is 4.01. The summed E-state index contributed by atoms with van der Waals surface area (Å²) < 4.78 is 53.0. The van der Waals surface area contributed by atoms with Gasteiger partial charge in [0, 0.05) is 11.1 Å². The van der Waals surface area contributed by atoms with Gasteiger partial charge in [-0.3, -0.25) is 0 Å². The molecule has 0 saturated heterocycles. The Balaban J connectivity index is 2.44. The quantitative estimate of drug-likeness (QED) is 0.692. The van der Waals surface area contributed by atoms with E-state index in [1.807, 2.05) is 0 Å². The third-order valence-electron chi connectivity index (χ3n) is 2.19. The van der Waals surface area contributed by atoms with Gasteiger partial charge in [-0.05, 0) is 13.8 Å². The van der Waals surface area contributed by atoms with Crippen molar-refractivity contribution in [2.45, 2.75) is 23.6 Å². The van der Waals surface area contributed by atoms with Crippen LogP contribution in [0.1, 0.15) is 11.1 Å². The minimum absolute atomic E-state index is 0.0206. The van der Waals surface area contributed by atoms with E-state index in [1.165, 1.54) is 13.8 Å². The Morgan fingerprint density at radius 3 is 1.29 bits per heavy atom. The molecule has 0 atom stereocenters. The van der Waals surface area contributed by atoms with Crippen molar-refractivity contribution in [3.05, 3.63) is 31.7 Å². The van der Waals surface area contributed by atoms with Crippen molar-refractivity contribution >= 4 is 34.4 Å². The first-order chi connectivity index (χ1) is 7.91. The highest BCUT2D eigenvalue weighted by Crippen LogP contribution is 2.42. The molecule has 2 heterocycles. The molecule has 0 fully saturated rings. The van der Waals surface area contributed by atoms with Gasteiger partial charge in [-0.25, -0.2) is 0 Å². The van der Waals surface area contributed by atoms with E-state index < -0.39 is 20.5 Å². The molecule has 0 aliphatic carbocycles.